The van der Waals surface area contributed by atoms with Gasteiger partial charge in [0.05, 0.1) is 0 Å². The predicted molar refractivity (Wildman–Crippen MR) is 88.5 cm³/mol. The maximum atomic E-state index is 13.9. The van der Waals surface area contributed by atoms with Crippen LogP contribution in [-0.2, 0) is 13.0 Å². The van der Waals surface area contributed by atoms with Gasteiger partial charge < -0.3 is 9.47 Å². The van der Waals surface area contributed by atoms with E-state index in [1.54, 1.807) is 6.07 Å². The monoisotopic (exact) mass is 313 g/mol. The molecule has 2 nitrogen and oxygen atoms in total. The standard InChI is InChI=1S/C20H22FO2/c1-13(2)14-6-5-7-18(10-14)22-12-16-9-17(21)8-15-11-20(3,4)23-19(15)16/h5-9,13H,11-12H2,1-4H3. The van der Waals surface area contributed by atoms with Gasteiger partial charge in [-0.3, -0.25) is 0 Å². The van der Waals surface area contributed by atoms with Crippen LogP contribution >= 0.6 is 0 Å². The number of benzene rings is 2. The van der Waals surface area contributed by atoms with Crippen molar-refractivity contribution in [2.75, 3.05) is 0 Å². The molecule has 0 bridgehead atoms. The smallest absolute Gasteiger partial charge is 0.130 e. The van der Waals surface area contributed by atoms with Crippen LogP contribution in [0.4, 0.5) is 4.39 Å². The lowest BCUT2D eigenvalue weighted by molar-refractivity contribution is 0.135. The molecular formula is C20H22FO2. The molecule has 0 N–H and O–H groups in total. The molecule has 0 fully saturated rings. The van der Waals surface area contributed by atoms with Gasteiger partial charge in [0.15, 0.2) is 0 Å². The minimum absolute atomic E-state index is 0.247. The Labute approximate surface area is 137 Å². The Morgan fingerprint density at radius 1 is 1.30 bits per heavy atom. The van der Waals surface area contributed by atoms with E-state index in [1.807, 2.05) is 32.0 Å². The van der Waals surface area contributed by atoms with Crippen LogP contribution in [0.3, 0.4) is 0 Å². The van der Waals surface area contributed by atoms with E-state index in [4.69, 9.17) is 9.47 Å². The van der Waals surface area contributed by atoms with E-state index in [-0.39, 0.29) is 18.0 Å². The molecule has 0 atom stereocenters. The lowest BCUT2D eigenvalue weighted by Crippen LogP contribution is -2.25. The van der Waals surface area contributed by atoms with Crippen molar-refractivity contribution in [1.82, 2.24) is 0 Å². The Balaban J connectivity index is 1.81. The highest BCUT2D eigenvalue weighted by atomic mass is 19.1. The molecule has 2 aromatic carbocycles. The molecule has 1 aliphatic heterocycles. The van der Waals surface area contributed by atoms with Crippen LogP contribution in [0.2, 0.25) is 0 Å². The fourth-order valence-corrected chi connectivity index (χ4v) is 2.89. The summed E-state index contributed by atoms with van der Waals surface area (Å²) < 4.78 is 25.7. The van der Waals surface area contributed by atoms with Crippen molar-refractivity contribution < 1.29 is 13.9 Å². The molecule has 23 heavy (non-hydrogen) atoms. The second kappa shape index (κ2) is 5.88. The normalized spacial score (nSPS) is 15.4. The van der Waals surface area contributed by atoms with Crippen molar-refractivity contribution in [3.05, 3.63) is 58.9 Å². The van der Waals surface area contributed by atoms with Crippen molar-refractivity contribution >= 4 is 0 Å². The number of rotatable bonds is 4. The van der Waals surface area contributed by atoms with Crippen LogP contribution in [0, 0.1) is 11.9 Å². The Morgan fingerprint density at radius 2 is 2.09 bits per heavy atom. The van der Waals surface area contributed by atoms with Crippen molar-refractivity contribution in [2.24, 2.45) is 0 Å². The van der Waals surface area contributed by atoms with Gasteiger partial charge in [-0.25, -0.2) is 4.39 Å². The van der Waals surface area contributed by atoms with Gasteiger partial charge in [0, 0.05) is 23.6 Å². The first-order chi connectivity index (χ1) is 10.8. The summed E-state index contributed by atoms with van der Waals surface area (Å²) in [6, 6.07) is 12.2. The van der Waals surface area contributed by atoms with Crippen molar-refractivity contribution in [1.29, 1.82) is 0 Å². The molecule has 2 aromatic rings. The summed E-state index contributed by atoms with van der Waals surface area (Å²) in [5.41, 5.74) is 2.46. The van der Waals surface area contributed by atoms with E-state index >= 15 is 0 Å². The molecule has 1 radical (unpaired) electrons. The second-order valence-corrected chi connectivity index (χ2v) is 7.01. The molecule has 1 heterocycles. The van der Waals surface area contributed by atoms with Gasteiger partial charge in [0.2, 0.25) is 0 Å². The van der Waals surface area contributed by atoms with Gasteiger partial charge in [-0.05, 0) is 43.5 Å². The average molecular weight is 313 g/mol. The number of fused-ring (bicyclic) bond motifs is 1. The van der Waals surface area contributed by atoms with E-state index in [0.717, 1.165) is 22.4 Å². The quantitative estimate of drug-likeness (QED) is 0.787. The number of hydrogen-bond donors (Lipinski definition) is 0. The van der Waals surface area contributed by atoms with Crippen LogP contribution in [0.25, 0.3) is 0 Å². The highest BCUT2D eigenvalue weighted by Crippen LogP contribution is 2.38. The topological polar surface area (TPSA) is 18.5 Å². The molecule has 0 amide bonds. The van der Waals surface area contributed by atoms with Gasteiger partial charge in [-0.1, -0.05) is 26.0 Å². The van der Waals surface area contributed by atoms with Gasteiger partial charge >= 0.3 is 0 Å². The number of ether oxygens (including phenoxy) is 2. The summed E-state index contributed by atoms with van der Waals surface area (Å²) in [6.07, 6.45) is 0.710. The summed E-state index contributed by atoms with van der Waals surface area (Å²) in [5, 5.41) is 0. The minimum Gasteiger partial charge on any atom is -0.488 e. The lowest BCUT2D eigenvalue weighted by atomic mass is 10.0. The fraction of sp³-hybridized carbons (Fsp3) is 0.400. The second-order valence-electron chi connectivity index (χ2n) is 7.01. The summed E-state index contributed by atoms with van der Waals surface area (Å²) in [6.45, 7) is 8.52. The van der Waals surface area contributed by atoms with Gasteiger partial charge in [-0.15, -0.1) is 0 Å². The summed E-state index contributed by atoms with van der Waals surface area (Å²) in [7, 11) is 0. The molecule has 0 aromatic heterocycles. The van der Waals surface area contributed by atoms with E-state index in [0.29, 0.717) is 18.1 Å². The van der Waals surface area contributed by atoms with Gasteiger partial charge in [-0.2, -0.15) is 0 Å². The van der Waals surface area contributed by atoms with Crippen LogP contribution in [0.5, 0.6) is 11.5 Å². The molecule has 0 saturated heterocycles. The Kier molecular flexibility index (Phi) is 4.05. The molecule has 3 heteroatoms. The van der Waals surface area contributed by atoms with Crippen molar-refractivity contribution in [3.63, 3.8) is 0 Å². The molecule has 121 valence electrons. The summed E-state index contributed by atoms with van der Waals surface area (Å²) in [5.74, 6) is 1.58. The van der Waals surface area contributed by atoms with E-state index in [2.05, 4.69) is 19.9 Å². The van der Waals surface area contributed by atoms with Gasteiger partial charge in [0.25, 0.3) is 0 Å². The third-order valence-electron chi connectivity index (χ3n) is 4.00. The fourth-order valence-electron chi connectivity index (χ4n) is 2.89. The van der Waals surface area contributed by atoms with Crippen LogP contribution in [0.15, 0.2) is 30.3 Å². The molecule has 0 spiro atoms. The Hall–Kier alpha value is -2.03. The zero-order chi connectivity index (χ0) is 16.6. The summed E-state index contributed by atoms with van der Waals surface area (Å²) in [4.78, 5) is 0. The first-order valence-corrected chi connectivity index (χ1v) is 7.99. The highest BCUT2D eigenvalue weighted by Gasteiger charge is 2.32. The van der Waals surface area contributed by atoms with E-state index in [1.165, 1.54) is 6.07 Å². The number of halogens is 1. The van der Waals surface area contributed by atoms with E-state index < -0.39 is 0 Å². The van der Waals surface area contributed by atoms with Crippen LogP contribution < -0.4 is 9.47 Å². The SMILES string of the molecule is CC(C)c1[c]c(OCc2cc(F)cc3c2OC(C)(C)C3)ccc1. The van der Waals surface area contributed by atoms with Gasteiger partial charge in [0.1, 0.15) is 29.5 Å². The highest BCUT2D eigenvalue weighted by molar-refractivity contribution is 5.46. The maximum absolute atomic E-state index is 13.9. The Morgan fingerprint density at radius 3 is 2.83 bits per heavy atom. The van der Waals surface area contributed by atoms with E-state index in [9.17, 15) is 4.39 Å². The third kappa shape index (κ3) is 3.49. The van der Waals surface area contributed by atoms with Crippen LogP contribution in [0.1, 0.15) is 50.3 Å². The largest absolute Gasteiger partial charge is 0.488 e. The molecule has 0 unspecified atom stereocenters. The first kappa shape index (κ1) is 15.9. The van der Waals surface area contributed by atoms with Crippen LogP contribution in [-0.4, -0.2) is 5.60 Å². The molecular weight excluding hydrogens is 291 g/mol. The molecule has 3 rings (SSSR count). The molecule has 0 aliphatic carbocycles. The van der Waals surface area contributed by atoms with Crippen molar-refractivity contribution in [2.45, 2.75) is 52.2 Å². The summed E-state index contributed by atoms with van der Waals surface area (Å²) >= 11 is 0. The zero-order valence-corrected chi connectivity index (χ0v) is 14.1. The predicted octanol–water partition coefficient (Wildman–Crippen LogP) is 5.04. The Bertz CT molecular complexity index is 720. The minimum atomic E-state index is -0.297. The zero-order valence-electron chi connectivity index (χ0n) is 14.1. The molecule has 0 saturated carbocycles. The maximum Gasteiger partial charge on any atom is 0.130 e. The number of hydrogen-bond acceptors (Lipinski definition) is 2. The third-order valence-corrected chi connectivity index (χ3v) is 4.00. The lowest BCUT2D eigenvalue weighted by Gasteiger charge is -2.18. The average Bonchev–Trinajstić information content (AvgIpc) is 2.79. The molecule has 1 aliphatic rings. The first-order valence-electron chi connectivity index (χ1n) is 7.99. The van der Waals surface area contributed by atoms with Crippen molar-refractivity contribution in [3.8, 4) is 11.5 Å².